The van der Waals surface area contributed by atoms with Crippen molar-refractivity contribution in [2.24, 2.45) is 5.92 Å². The Labute approximate surface area is 356 Å². The highest BCUT2D eigenvalue weighted by molar-refractivity contribution is 5.72. The van der Waals surface area contributed by atoms with Gasteiger partial charge in [0.25, 0.3) is 0 Å². The summed E-state index contributed by atoms with van der Waals surface area (Å²) in [4.78, 5) is 51.9. The molecule has 0 aliphatic carbocycles. The van der Waals surface area contributed by atoms with Crippen LogP contribution in [-0.2, 0) is 33.3 Å². The van der Waals surface area contributed by atoms with Crippen molar-refractivity contribution in [1.82, 2.24) is 4.90 Å². The molecule has 0 fully saturated rings. The van der Waals surface area contributed by atoms with Crippen molar-refractivity contribution in [3.8, 4) is 0 Å². The summed E-state index contributed by atoms with van der Waals surface area (Å²) in [6, 6.07) is 0. The molecule has 0 saturated heterocycles. The van der Waals surface area contributed by atoms with E-state index in [4.69, 9.17) is 18.9 Å². The fourth-order valence-electron chi connectivity index (χ4n) is 6.71. The van der Waals surface area contributed by atoms with Gasteiger partial charge in [-0.25, -0.2) is 4.79 Å². The monoisotopic (exact) mass is 820 g/mol. The van der Waals surface area contributed by atoms with Crippen molar-refractivity contribution in [3.05, 3.63) is 24.3 Å². The number of nitrogens with zero attached hydrogens (tertiary/aromatic N) is 1. The lowest BCUT2D eigenvalue weighted by Gasteiger charge is -2.20. The summed E-state index contributed by atoms with van der Waals surface area (Å²) in [6.45, 7) is 9.10. The van der Waals surface area contributed by atoms with Crippen LogP contribution in [0.15, 0.2) is 24.3 Å². The van der Waals surface area contributed by atoms with E-state index < -0.39 is 18.0 Å². The zero-order chi connectivity index (χ0) is 42.7. The van der Waals surface area contributed by atoms with Crippen LogP contribution in [0.25, 0.3) is 0 Å². The number of carbonyl (C=O) groups is 4. The van der Waals surface area contributed by atoms with Crippen LogP contribution in [0.4, 0.5) is 4.79 Å². The van der Waals surface area contributed by atoms with Gasteiger partial charge >= 0.3 is 24.0 Å². The molecule has 0 aliphatic heterocycles. The molecule has 9 heteroatoms. The molecule has 0 rings (SSSR count). The van der Waals surface area contributed by atoms with E-state index in [0.717, 1.165) is 77.0 Å². The number of ether oxygens (including phenoxy) is 4. The quantitative estimate of drug-likeness (QED) is 0.0260. The molecule has 1 amide bonds. The lowest BCUT2D eigenvalue weighted by atomic mass is 10.0. The first-order chi connectivity index (χ1) is 28.3. The van der Waals surface area contributed by atoms with E-state index in [2.05, 4.69) is 45.1 Å². The number of unbranched alkanes of at least 4 members (excludes halogenated alkanes) is 18. The Bertz CT molecular complexity index is 1030. The third-order valence-electron chi connectivity index (χ3n) is 10.4. The van der Waals surface area contributed by atoms with Gasteiger partial charge in [-0.15, -0.1) is 0 Å². The van der Waals surface area contributed by atoms with Crippen molar-refractivity contribution in [2.45, 2.75) is 226 Å². The van der Waals surface area contributed by atoms with Gasteiger partial charge in [0, 0.05) is 32.9 Å². The minimum Gasteiger partial charge on any atom is -0.465 e. The second kappa shape index (κ2) is 42.3. The van der Waals surface area contributed by atoms with Gasteiger partial charge in [-0.1, -0.05) is 148 Å². The standard InChI is InChI=1S/C49H89NO8/c1-6-10-13-16-19-20-21-22-23-24-25-26-27-30-33-37-46(51)55-41-44(43-57-49(54)50(5)40-9-4)42-56-47(52)38-34-39-48(53)58-45(35-31-28-17-14-11-7-2)36-32-29-18-15-12-8-3/h19-20,22-23,44-45H,6-18,21,24-43H2,1-5H3/b20-19-,23-22-. The summed E-state index contributed by atoms with van der Waals surface area (Å²) in [5, 5.41) is 0. The number of amides is 1. The topological polar surface area (TPSA) is 108 Å². The van der Waals surface area contributed by atoms with Gasteiger partial charge in [-0.3, -0.25) is 14.4 Å². The molecule has 1 atom stereocenters. The molecule has 58 heavy (non-hydrogen) atoms. The minimum atomic E-state index is -0.494. The largest absolute Gasteiger partial charge is 0.465 e. The second-order valence-electron chi connectivity index (χ2n) is 16.3. The van der Waals surface area contributed by atoms with Crippen molar-refractivity contribution in [3.63, 3.8) is 0 Å². The van der Waals surface area contributed by atoms with E-state index in [9.17, 15) is 19.2 Å². The number of allylic oxidation sites excluding steroid dienone is 4. The average molecular weight is 820 g/mol. The Balaban J connectivity index is 4.64. The fourth-order valence-corrected chi connectivity index (χ4v) is 6.71. The summed E-state index contributed by atoms with van der Waals surface area (Å²) in [5.74, 6) is -1.50. The number of carbonyl (C=O) groups excluding carboxylic acids is 4. The lowest BCUT2D eigenvalue weighted by Crippen LogP contribution is -2.32. The van der Waals surface area contributed by atoms with Crippen molar-refractivity contribution >= 4 is 24.0 Å². The van der Waals surface area contributed by atoms with Gasteiger partial charge < -0.3 is 23.8 Å². The Morgan fingerprint density at radius 1 is 0.466 bits per heavy atom. The molecule has 0 saturated carbocycles. The molecule has 0 aromatic heterocycles. The van der Waals surface area contributed by atoms with Crippen molar-refractivity contribution in [2.75, 3.05) is 33.4 Å². The minimum absolute atomic E-state index is 0.0118. The molecule has 0 heterocycles. The summed E-state index contributed by atoms with van der Waals surface area (Å²) in [6.07, 6.45) is 38.7. The molecule has 0 aliphatic rings. The van der Waals surface area contributed by atoms with Gasteiger partial charge in [0.2, 0.25) is 0 Å². The number of hydrogen-bond acceptors (Lipinski definition) is 8. The number of esters is 3. The molecular weight excluding hydrogens is 731 g/mol. The maximum absolute atomic E-state index is 12.8. The molecule has 338 valence electrons. The SMILES string of the molecule is CCCCC/C=C\C/C=C\CCCCCCCC(=O)OCC(COC(=O)CCCC(=O)OC(CCCCCCCC)CCCCCCCC)COC(=O)N(C)CCC. The van der Waals surface area contributed by atoms with Crippen LogP contribution in [0, 0.1) is 5.92 Å². The molecule has 0 spiro atoms. The van der Waals surface area contributed by atoms with E-state index in [0.29, 0.717) is 19.4 Å². The van der Waals surface area contributed by atoms with E-state index in [1.807, 2.05) is 6.92 Å². The summed E-state index contributed by atoms with van der Waals surface area (Å²) < 4.78 is 22.4. The maximum Gasteiger partial charge on any atom is 0.409 e. The zero-order valence-corrected chi connectivity index (χ0v) is 38.2. The van der Waals surface area contributed by atoms with Crippen LogP contribution in [0.1, 0.15) is 220 Å². The van der Waals surface area contributed by atoms with E-state index in [1.165, 1.54) is 94.8 Å². The fraction of sp³-hybridized carbons (Fsp3) is 0.837. The second-order valence-corrected chi connectivity index (χ2v) is 16.3. The van der Waals surface area contributed by atoms with Crippen LogP contribution in [0.3, 0.4) is 0 Å². The summed E-state index contributed by atoms with van der Waals surface area (Å²) in [7, 11) is 1.67. The van der Waals surface area contributed by atoms with Gasteiger partial charge in [0.05, 0.1) is 5.92 Å². The zero-order valence-electron chi connectivity index (χ0n) is 38.2. The Morgan fingerprint density at radius 2 is 0.897 bits per heavy atom. The van der Waals surface area contributed by atoms with Crippen molar-refractivity contribution in [1.29, 1.82) is 0 Å². The van der Waals surface area contributed by atoms with Crippen LogP contribution in [-0.4, -0.2) is 68.4 Å². The summed E-state index contributed by atoms with van der Waals surface area (Å²) >= 11 is 0. The molecule has 1 unspecified atom stereocenters. The third-order valence-corrected chi connectivity index (χ3v) is 10.4. The number of hydrogen-bond donors (Lipinski definition) is 0. The molecule has 0 bridgehead atoms. The van der Waals surface area contributed by atoms with E-state index in [-0.39, 0.29) is 50.7 Å². The molecule has 0 radical (unpaired) electrons. The first-order valence-corrected chi connectivity index (χ1v) is 24.0. The lowest BCUT2D eigenvalue weighted by molar-refractivity contribution is -0.150. The van der Waals surface area contributed by atoms with Crippen LogP contribution >= 0.6 is 0 Å². The molecular formula is C49H89NO8. The average Bonchev–Trinajstić information content (AvgIpc) is 3.21. The normalized spacial score (nSPS) is 12.0. The first kappa shape index (κ1) is 55.2. The smallest absolute Gasteiger partial charge is 0.409 e. The van der Waals surface area contributed by atoms with Gasteiger partial charge in [-0.2, -0.15) is 0 Å². The molecule has 9 nitrogen and oxygen atoms in total. The predicted molar refractivity (Wildman–Crippen MR) is 239 cm³/mol. The molecule has 0 N–H and O–H groups in total. The van der Waals surface area contributed by atoms with Crippen molar-refractivity contribution < 1.29 is 38.1 Å². The maximum atomic E-state index is 12.8. The Morgan fingerprint density at radius 3 is 1.45 bits per heavy atom. The van der Waals surface area contributed by atoms with Gasteiger partial charge in [0.1, 0.15) is 25.9 Å². The highest BCUT2D eigenvalue weighted by Crippen LogP contribution is 2.18. The van der Waals surface area contributed by atoms with Crippen LogP contribution in [0.5, 0.6) is 0 Å². The van der Waals surface area contributed by atoms with Gasteiger partial charge in [0.15, 0.2) is 0 Å². The van der Waals surface area contributed by atoms with Crippen LogP contribution < -0.4 is 0 Å². The van der Waals surface area contributed by atoms with Crippen LogP contribution in [0.2, 0.25) is 0 Å². The first-order valence-electron chi connectivity index (χ1n) is 24.0. The summed E-state index contributed by atoms with van der Waals surface area (Å²) in [5.41, 5.74) is 0. The molecule has 0 aromatic carbocycles. The molecule has 0 aromatic rings. The Hall–Kier alpha value is -2.84. The number of rotatable bonds is 41. The third kappa shape index (κ3) is 37.4. The van der Waals surface area contributed by atoms with E-state index >= 15 is 0 Å². The van der Waals surface area contributed by atoms with E-state index in [1.54, 1.807) is 7.05 Å². The Kier molecular flexibility index (Phi) is 40.2. The highest BCUT2D eigenvalue weighted by atomic mass is 16.6. The van der Waals surface area contributed by atoms with Gasteiger partial charge in [-0.05, 0) is 77.0 Å². The highest BCUT2D eigenvalue weighted by Gasteiger charge is 2.20. The predicted octanol–water partition coefficient (Wildman–Crippen LogP) is 13.6.